The molecule has 2 fully saturated rings. The third kappa shape index (κ3) is 4.73. The van der Waals surface area contributed by atoms with Crippen LogP contribution in [0.15, 0.2) is 30.3 Å². The van der Waals surface area contributed by atoms with Crippen molar-refractivity contribution in [3.05, 3.63) is 75.9 Å². The highest BCUT2D eigenvalue weighted by atomic mass is 19.2. The van der Waals surface area contributed by atoms with Crippen LogP contribution in [0.2, 0.25) is 0 Å². The maximum Gasteiger partial charge on any atom is 0.166 e. The second-order valence-electron chi connectivity index (χ2n) is 9.28. The van der Waals surface area contributed by atoms with Gasteiger partial charge in [0.2, 0.25) is 0 Å². The van der Waals surface area contributed by atoms with Gasteiger partial charge in [0.15, 0.2) is 23.3 Å². The molecule has 2 aliphatic carbocycles. The van der Waals surface area contributed by atoms with Crippen LogP contribution in [0.3, 0.4) is 0 Å². The lowest BCUT2D eigenvalue weighted by Gasteiger charge is -2.28. The van der Waals surface area contributed by atoms with E-state index in [9.17, 15) is 17.6 Å². The van der Waals surface area contributed by atoms with Crippen molar-refractivity contribution < 1.29 is 17.6 Å². The minimum absolute atomic E-state index is 0.00751. The summed E-state index contributed by atoms with van der Waals surface area (Å²) in [5, 5.41) is 0. The molecule has 0 aliphatic heterocycles. The Kier molecular flexibility index (Phi) is 6.83. The zero-order valence-electron chi connectivity index (χ0n) is 18.1. The molecule has 0 spiro atoms. The first-order valence-corrected chi connectivity index (χ1v) is 11.6. The number of benzene rings is 2. The predicted molar refractivity (Wildman–Crippen MR) is 117 cm³/mol. The Balaban J connectivity index is 1.41. The fraction of sp³-hybridized carbons (Fsp3) is 0.481. The summed E-state index contributed by atoms with van der Waals surface area (Å²) < 4.78 is 57.5. The van der Waals surface area contributed by atoms with Gasteiger partial charge < -0.3 is 0 Å². The van der Waals surface area contributed by atoms with E-state index in [-0.39, 0.29) is 23.3 Å². The fourth-order valence-electron chi connectivity index (χ4n) is 5.28. The fourth-order valence-corrected chi connectivity index (χ4v) is 5.28. The van der Waals surface area contributed by atoms with Gasteiger partial charge in [-0.1, -0.05) is 55.7 Å². The number of halogens is 4. The molecule has 0 atom stereocenters. The summed E-state index contributed by atoms with van der Waals surface area (Å²) in [6.07, 6.45) is 12.0. The molecule has 0 heterocycles. The SMILES string of the molecule is Cc1ccc(C=CC2CCC(c3ccc(C4CCCCC4)c(F)c3F)CC2)c(F)c1F. The van der Waals surface area contributed by atoms with E-state index in [2.05, 4.69) is 0 Å². The summed E-state index contributed by atoms with van der Waals surface area (Å²) in [4.78, 5) is 0. The minimum atomic E-state index is -0.819. The van der Waals surface area contributed by atoms with Crippen LogP contribution >= 0.6 is 0 Å². The molecular formula is C27H30F4. The van der Waals surface area contributed by atoms with Crippen molar-refractivity contribution in [3.8, 4) is 0 Å². The molecule has 0 unspecified atom stereocenters. The molecule has 4 rings (SSSR count). The van der Waals surface area contributed by atoms with Gasteiger partial charge in [-0.3, -0.25) is 0 Å². The third-order valence-electron chi connectivity index (χ3n) is 7.25. The van der Waals surface area contributed by atoms with Crippen LogP contribution in [0.1, 0.15) is 91.9 Å². The first kappa shape index (κ1) is 22.1. The molecule has 0 saturated heterocycles. The summed E-state index contributed by atoms with van der Waals surface area (Å²) >= 11 is 0. The largest absolute Gasteiger partial charge is 0.203 e. The molecule has 31 heavy (non-hydrogen) atoms. The normalized spacial score (nSPS) is 22.9. The van der Waals surface area contributed by atoms with Crippen LogP contribution in [0, 0.1) is 36.1 Å². The van der Waals surface area contributed by atoms with Crippen LogP contribution in [0.25, 0.3) is 6.08 Å². The topological polar surface area (TPSA) is 0 Å². The van der Waals surface area contributed by atoms with Gasteiger partial charge in [0.25, 0.3) is 0 Å². The van der Waals surface area contributed by atoms with E-state index in [1.807, 2.05) is 12.1 Å². The van der Waals surface area contributed by atoms with Crippen molar-refractivity contribution in [2.24, 2.45) is 5.92 Å². The van der Waals surface area contributed by atoms with Gasteiger partial charge in [-0.2, -0.15) is 0 Å². The Morgan fingerprint density at radius 2 is 1.23 bits per heavy atom. The Morgan fingerprint density at radius 3 is 1.84 bits per heavy atom. The summed E-state index contributed by atoms with van der Waals surface area (Å²) in [5.41, 5.74) is 1.58. The monoisotopic (exact) mass is 430 g/mol. The van der Waals surface area contributed by atoms with Crippen LogP contribution < -0.4 is 0 Å². The van der Waals surface area contributed by atoms with E-state index < -0.39 is 23.3 Å². The molecule has 0 amide bonds. The molecule has 2 saturated carbocycles. The zero-order chi connectivity index (χ0) is 22.0. The van der Waals surface area contributed by atoms with Crippen molar-refractivity contribution >= 4 is 6.08 Å². The van der Waals surface area contributed by atoms with E-state index in [0.29, 0.717) is 16.7 Å². The summed E-state index contributed by atoms with van der Waals surface area (Å²) in [6, 6.07) is 6.77. The van der Waals surface area contributed by atoms with Crippen LogP contribution in [0.5, 0.6) is 0 Å². The van der Waals surface area contributed by atoms with Crippen molar-refractivity contribution in [3.63, 3.8) is 0 Å². The summed E-state index contributed by atoms with van der Waals surface area (Å²) in [6.45, 7) is 1.54. The van der Waals surface area contributed by atoms with Gasteiger partial charge in [-0.25, -0.2) is 17.6 Å². The lowest BCUT2D eigenvalue weighted by atomic mass is 9.77. The van der Waals surface area contributed by atoms with Gasteiger partial charge >= 0.3 is 0 Å². The van der Waals surface area contributed by atoms with Crippen LogP contribution in [0.4, 0.5) is 17.6 Å². The molecule has 166 valence electrons. The Bertz CT molecular complexity index is 948. The lowest BCUT2D eigenvalue weighted by molar-refractivity contribution is 0.361. The molecule has 0 aromatic heterocycles. The van der Waals surface area contributed by atoms with E-state index in [1.54, 1.807) is 24.3 Å². The quantitative estimate of drug-likeness (QED) is 0.426. The smallest absolute Gasteiger partial charge is 0.166 e. The molecule has 2 aliphatic rings. The second-order valence-corrected chi connectivity index (χ2v) is 9.28. The zero-order valence-corrected chi connectivity index (χ0v) is 18.1. The molecule has 0 N–H and O–H groups in total. The Hall–Kier alpha value is -2.10. The average Bonchev–Trinajstić information content (AvgIpc) is 2.80. The Labute approximate surface area is 182 Å². The van der Waals surface area contributed by atoms with E-state index >= 15 is 0 Å². The summed E-state index contributed by atoms with van der Waals surface area (Å²) in [7, 11) is 0. The molecule has 4 heteroatoms. The maximum atomic E-state index is 14.9. The van der Waals surface area contributed by atoms with E-state index in [4.69, 9.17) is 0 Å². The van der Waals surface area contributed by atoms with Gasteiger partial charge in [0.1, 0.15) is 0 Å². The van der Waals surface area contributed by atoms with E-state index in [0.717, 1.165) is 51.4 Å². The maximum absolute atomic E-state index is 14.9. The minimum Gasteiger partial charge on any atom is -0.203 e. The third-order valence-corrected chi connectivity index (χ3v) is 7.25. The molecule has 2 aromatic rings. The predicted octanol–water partition coefficient (Wildman–Crippen LogP) is 8.59. The number of hydrogen-bond donors (Lipinski definition) is 0. The van der Waals surface area contributed by atoms with Crippen molar-refractivity contribution in [1.29, 1.82) is 0 Å². The van der Waals surface area contributed by atoms with Gasteiger partial charge in [-0.15, -0.1) is 0 Å². The van der Waals surface area contributed by atoms with Crippen molar-refractivity contribution in [2.75, 3.05) is 0 Å². The standard InChI is InChI=1S/C27H30F4/c1-17-7-11-21(25(29)24(17)28)14-10-18-8-12-20(13-9-18)23-16-15-22(26(30)27(23)31)19-5-3-2-4-6-19/h7,10-11,14-16,18-20H,2-6,8-9,12-13H2,1H3. The number of hydrogen-bond acceptors (Lipinski definition) is 0. The number of aryl methyl sites for hydroxylation is 1. The lowest BCUT2D eigenvalue weighted by Crippen LogP contribution is -2.15. The van der Waals surface area contributed by atoms with Crippen LogP contribution in [-0.4, -0.2) is 0 Å². The molecule has 0 bridgehead atoms. The van der Waals surface area contributed by atoms with Crippen molar-refractivity contribution in [2.45, 2.75) is 76.5 Å². The highest BCUT2D eigenvalue weighted by Crippen LogP contribution is 2.40. The first-order valence-electron chi connectivity index (χ1n) is 11.6. The molecule has 2 aromatic carbocycles. The Morgan fingerprint density at radius 1 is 0.645 bits per heavy atom. The van der Waals surface area contributed by atoms with Crippen LogP contribution in [-0.2, 0) is 0 Å². The average molecular weight is 431 g/mol. The number of allylic oxidation sites excluding steroid dienone is 1. The highest BCUT2D eigenvalue weighted by Gasteiger charge is 2.27. The summed E-state index contributed by atoms with van der Waals surface area (Å²) in [5.74, 6) is -2.56. The van der Waals surface area contributed by atoms with E-state index in [1.165, 1.54) is 13.3 Å². The van der Waals surface area contributed by atoms with Gasteiger partial charge in [0, 0.05) is 5.56 Å². The molecule has 0 nitrogen and oxygen atoms in total. The first-order chi connectivity index (χ1) is 15.0. The van der Waals surface area contributed by atoms with Gasteiger partial charge in [-0.05, 0) is 79.9 Å². The number of rotatable bonds is 4. The van der Waals surface area contributed by atoms with Gasteiger partial charge in [0.05, 0.1) is 0 Å². The van der Waals surface area contributed by atoms with Crippen molar-refractivity contribution in [1.82, 2.24) is 0 Å². The molecular weight excluding hydrogens is 400 g/mol. The highest BCUT2D eigenvalue weighted by molar-refractivity contribution is 5.51. The molecule has 0 radical (unpaired) electrons. The second kappa shape index (κ2) is 9.58.